The van der Waals surface area contributed by atoms with Crippen molar-refractivity contribution in [2.45, 2.75) is 30.0 Å². The van der Waals surface area contributed by atoms with Gasteiger partial charge in [0.25, 0.3) is 5.91 Å². The lowest BCUT2D eigenvalue weighted by Crippen LogP contribution is -2.26. The Morgan fingerprint density at radius 3 is 2.68 bits per heavy atom. The molecule has 1 aromatic rings. The molecular weight excluding hydrogens is 286 g/mol. The minimum atomic E-state index is -3.30. The predicted molar refractivity (Wildman–Crippen MR) is 76.4 cm³/mol. The summed E-state index contributed by atoms with van der Waals surface area (Å²) in [5, 5.41) is 2.77. The van der Waals surface area contributed by atoms with Crippen molar-refractivity contribution in [1.82, 2.24) is 5.32 Å². The lowest BCUT2D eigenvalue weighted by molar-refractivity contribution is 0.0953. The van der Waals surface area contributed by atoms with Crippen LogP contribution in [0.4, 0.5) is 0 Å². The lowest BCUT2D eigenvalue weighted by atomic mass is 10.2. The van der Waals surface area contributed by atoms with Gasteiger partial charge in [0.2, 0.25) is 0 Å². The largest absolute Gasteiger partial charge is 0.352 e. The molecule has 1 N–H and O–H groups in total. The monoisotopic (exact) mass is 303 g/mol. The van der Waals surface area contributed by atoms with Crippen molar-refractivity contribution in [3.8, 4) is 0 Å². The average Bonchev–Trinajstić information content (AvgIpc) is 2.37. The van der Waals surface area contributed by atoms with Gasteiger partial charge in [0.05, 0.1) is 4.90 Å². The van der Waals surface area contributed by atoms with Crippen LogP contribution in [-0.4, -0.2) is 32.5 Å². The van der Waals surface area contributed by atoms with Gasteiger partial charge in [-0.15, -0.1) is 11.6 Å². The summed E-state index contributed by atoms with van der Waals surface area (Å²) in [5.41, 5.74) is 0.338. The van der Waals surface area contributed by atoms with Crippen molar-refractivity contribution >= 4 is 27.3 Å². The molecule has 1 aromatic carbocycles. The van der Waals surface area contributed by atoms with Crippen LogP contribution < -0.4 is 5.32 Å². The number of benzene rings is 1. The second-order valence-electron chi connectivity index (χ2n) is 4.35. The smallest absolute Gasteiger partial charge is 0.251 e. The third kappa shape index (κ3) is 5.20. The fraction of sp³-hybridized carbons (Fsp3) is 0.462. The van der Waals surface area contributed by atoms with E-state index in [1.807, 2.05) is 6.92 Å². The number of sulfone groups is 1. The Morgan fingerprint density at radius 2 is 2.11 bits per heavy atom. The van der Waals surface area contributed by atoms with E-state index < -0.39 is 9.84 Å². The van der Waals surface area contributed by atoms with Gasteiger partial charge in [-0.05, 0) is 31.0 Å². The molecule has 0 heterocycles. The molecule has 19 heavy (non-hydrogen) atoms. The zero-order chi connectivity index (χ0) is 14.5. The van der Waals surface area contributed by atoms with Gasteiger partial charge >= 0.3 is 0 Å². The molecule has 0 aromatic heterocycles. The van der Waals surface area contributed by atoms with Crippen molar-refractivity contribution in [3.63, 3.8) is 0 Å². The lowest BCUT2D eigenvalue weighted by Gasteiger charge is -2.08. The van der Waals surface area contributed by atoms with Crippen LogP contribution in [-0.2, 0) is 9.84 Å². The van der Waals surface area contributed by atoms with Gasteiger partial charge < -0.3 is 5.32 Å². The van der Waals surface area contributed by atoms with Crippen LogP contribution in [0.3, 0.4) is 0 Å². The van der Waals surface area contributed by atoms with Gasteiger partial charge in [-0.2, -0.15) is 0 Å². The van der Waals surface area contributed by atoms with E-state index in [2.05, 4.69) is 5.32 Å². The van der Waals surface area contributed by atoms with Gasteiger partial charge in [0, 0.05) is 23.7 Å². The molecule has 0 saturated heterocycles. The Labute approximate surface area is 119 Å². The zero-order valence-corrected chi connectivity index (χ0v) is 12.6. The maximum atomic E-state index is 11.8. The molecular formula is C13H18ClNO3S. The highest BCUT2D eigenvalue weighted by atomic mass is 35.5. The highest BCUT2D eigenvalue weighted by Crippen LogP contribution is 2.11. The molecule has 0 bridgehead atoms. The summed E-state index contributed by atoms with van der Waals surface area (Å²) in [6.07, 6.45) is 2.65. The topological polar surface area (TPSA) is 63.2 Å². The van der Waals surface area contributed by atoms with Crippen LogP contribution in [0.25, 0.3) is 0 Å². The first kappa shape index (κ1) is 16.0. The number of carbonyl (C=O) groups is 1. The minimum absolute atomic E-state index is 0.0441. The number of rotatable bonds is 6. The number of alkyl halides is 1. The van der Waals surface area contributed by atoms with Crippen LogP contribution in [0.15, 0.2) is 29.2 Å². The second-order valence-corrected chi connectivity index (χ2v) is 6.98. The summed E-state index contributed by atoms with van der Waals surface area (Å²) in [6, 6.07) is 5.99. The number of hydrogen-bond acceptors (Lipinski definition) is 3. The number of nitrogens with one attached hydrogen (secondary N) is 1. The molecule has 0 spiro atoms. The molecule has 0 saturated carbocycles. The number of hydrogen-bond donors (Lipinski definition) is 1. The van der Waals surface area contributed by atoms with E-state index in [0.29, 0.717) is 18.5 Å². The molecule has 1 rings (SSSR count). The minimum Gasteiger partial charge on any atom is -0.352 e. The zero-order valence-electron chi connectivity index (χ0n) is 11.0. The quantitative estimate of drug-likeness (QED) is 0.820. The summed E-state index contributed by atoms with van der Waals surface area (Å²) in [5.74, 6) is -0.287. The molecule has 0 fully saturated rings. The van der Waals surface area contributed by atoms with E-state index >= 15 is 0 Å². The van der Waals surface area contributed by atoms with Crippen molar-refractivity contribution in [3.05, 3.63) is 29.8 Å². The summed E-state index contributed by atoms with van der Waals surface area (Å²) in [4.78, 5) is 12.0. The van der Waals surface area contributed by atoms with Gasteiger partial charge in [-0.3, -0.25) is 4.79 Å². The third-order valence-electron chi connectivity index (χ3n) is 2.71. The van der Waals surface area contributed by atoms with Crippen molar-refractivity contribution < 1.29 is 13.2 Å². The van der Waals surface area contributed by atoms with Crippen molar-refractivity contribution in [2.75, 3.05) is 12.8 Å². The van der Waals surface area contributed by atoms with Crippen LogP contribution in [0.2, 0.25) is 0 Å². The SMILES string of the molecule is CCC(Cl)CCNC(=O)c1cccc(S(C)(=O)=O)c1. The Balaban J connectivity index is 2.68. The maximum absolute atomic E-state index is 11.8. The van der Waals surface area contributed by atoms with Gasteiger partial charge in [0.1, 0.15) is 0 Å². The molecule has 1 atom stereocenters. The standard InChI is InChI=1S/C13H18ClNO3S/c1-3-11(14)7-8-15-13(16)10-5-4-6-12(9-10)19(2,17)18/h4-6,9,11H,3,7-8H2,1-2H3,(H,15,16). The van der Waals surface area contributed by atoms with Crippen LogP contribution >= 0.6 is 11.6 Å². The highest BCUT2D eigenvalue weighted by Gasteiger charge is 2.11. The molecule has 0 aliphatic heterocycles. The maximum Gasteiger partial charge on any atom is 0.251 e. The Hall–Kier alpha value is -1.07. The molecule has 0 aliphatic carbocycles. The van der Waals surface area contributed by atoms with E-state index in [9.17, 15) is 13.2 Å². The molecule has 1 amide bonds. The Bertz CT molecular complexity index is 543. The molecule has 1 unspecified atom stereocenters. The van der Waals surface area contributed by atoms with E-state index in [0.717, 1.165) is 12.7 Å². The van der Waals surface area contributed by atoms with Crippen LogP contribution in [0.1, 0.15) is 30.1 Å². The summed E-state index contributed by atoms with van der Waals surface area (Å²) in [7, 11) is -3.30. The Kier molecular flexibility index (Phi) is 5.82. The second kappa shape index (κ2) is 6.91. The highest BCUT2D eigenvalue weighted by molar-refractivity contribution is 7.90. The fourth-order valence-electron chi connectivity index (χ4n) is 1.52. The molecule has 0 aliphatic rings. The van der Waals surface area contributed by atoms with Crippen molar-refractivity contribution in [2.24, 2.45) is 0 Å². The van der Waals surface area contributed by atoms with E-state index in [4.69, 9.17) is 11.6 Å². The first-order valence-corrected chi connectivity index (χ1v) is 8.39. The molecule has 6 heteroatoms. The average molecular weight is 304 g/mol. The number of amides is 1. The number of halogens is 1. The van der Waals surface area contributed by atoms with Gasteiger partial charge in [-0.1, -0.05) is 13.0 Å². The molecule has 0 radical (unpaired) electrons. The van der Waals surface area contributed by atoms with E-state index in [1.165, 1.54) is 12.1 Å². The normalized spacial score (nSPS) is 13.0. The molecule has 106 valence electrons. The molecule has 4 nitrogen and oxygen atoms in total. The first-order chi connectivity index (χ1) is 8.84. The van der Waals surface area contributed by atoms with Crippen LogP contribution in [0, 0.1) is 0 Å². The van der Waals surface area contributed by atoms with Gasteiger partial charge in [-0.25, -0.2) is 8.42 Å². The third-order valence-corrected chi connectivity index (χ3v) is 4.35. The summed E-state index contributed by atoms with van der Waals surface area (Å²) < 4.78 is 22.8. The summed E-state index contributed by atoms with van der Waals surface area (Å²) >= 11 is 5.95. The Morgan fingerprint density at radius 1 is 1.42 bits per heavy atom. The van der Waals surface area contributed by atoms with Gasteiger partial charge in [0.15, 0.2) is 9.84 Å². The van der Waals surface area contributed by atoms with E-state index in [-0.39, 0.29) is 16.2 Å². The predicted octanol–water partition coefficient (Wildman–Crippen LogP) is 2.23. The fourth-order valence-corrected chi connectivity index (χ4v) is 2.29. The first-order valence-electron chi connectivity index (χ1n) is 6.07. The van der Waals surface area contributed by atoms with E-state index in [1.54, 1.807) is 12.1 Å². The van der Waals surface area contributed by atoms with Crippen molar-refractivity contribution in [1.29, 1.82) is 0 Å². The summed E-state index contributed by atoms with van der Waals surface area (Å²) in [6.45, 7) is 2.46. The van der Waals surface area contributed by atoms with Crippen LogP contribution in [0.5, 0.6) is 0 Å². The number of carbonyl (C=O) groups excluding carboxylic acids is 1.